The molecule has 15 rings (SSSR count). The van der Waals surface area contributed by atoms with E-state index in [0.29, 0.717) is 35.5 Å². The summed E-state index contributed by atoms with van der Waals surface area (Å²) >= 11 is 0. The van der Waals surface area contributed by atoms with Crippen LogP contribution in [0.25, 0.3) is 44.5 Å². The molecule has 0 saturated heterocycles. The van der Waals surface area contributed by atoms with Gasteiger partial charge in [0.1, 0.15) is 0 Å². The first-order valence-electron chi connectivity index (χ1n) is 33.4. The maximum absolute atomic E-state index is 14.7. The fourth-order valence-electron chi connectivity index (χ4n) is 18.7. The van der Waals surface area contributed by atoms with Crippen LogP contribution in [0.4, 0.5) is 28.4 Å². The van der Waals surface area contributed by atoms with Gasteiger partial charge in [0.25, 0.3) is 0 Å². The molecular weight excluding hydrogens is 1040 g/mol. The smallest absolute Gasteiger partial charge is 0.230 e. The minimum Gasteiger partial charge on any atom is -0.385 e. The monoisotopic (exact) mass is 1130 g/mol. The third-order valence-corrected chi connectivity index (χ3v) is 21.8. The van der Waals surface area contributed by atoms with Crippen LogP contribution in [0.15, 0.2) is 212 Å². The first-order chi connectivity index (χ1) is 41.9. The van der Waals surface area contributed by atoms with Crippen molar-refractivity contribution in [3.05, 3.63) is 223 Å². The van der Waals surface area contributed by atoms with E-state index in [1.807, 2.05) is 27.7 Å². The molecule has 2 heterocycles. The van der Waals surface area contributed by atoms with E-state index in [-0.39, 0.29) is 29.3 Å². The molecule has 4 heteroatoms. The normalized spacial score (nSPS) is 26.6. The highest BCUT2D eigenvalue weighted by atomic mass is 16.3. The zero-order valence-electron chi connectivity index (χ0n) is 53.0. The fourth-order valence-corrected chi connectivity index (χ4v) is 18.7. The first-order valence-corrected chi connectivity index (χ1v) is 33.4. The molecule has 438 valence electrons. The van der Waals surface area contributed by atoms with E-state index in [0.717, 1.165) is 25.7 Å². The molecule has 86 heavy (non-hydrogen) atoms. The lowest BCUT2D eigenvalue weighted by atomic mass is 9.19. The van der Waals surface area contributed by atoms with Crippen molar-refractivity contribution in [2.75, 3.05) is 9.80 Å². The quantitative estimate of drug-likeness (QED) is 0.154. The van der Waals surface area contributed by atoms with Gasteiger partial charge in [-0.2, -0.15) is 0 Å². The van der Waals surface area contributed by atoms with E-state index in [4.69, 9.17) is 0 Å². The Morgan fingerprint density at radius 3 is 1.48 bits per heavy atom. The molecule has 0 spiro atoms. The Balaban J connectivity index is 0.00000168. The van der Waals surface area contributed by atoms with Crippen molar-refractivity contribution in [2.45, 2.75) is 143 Å². The average Bonchev–Trinajstić information content (AvgIpc) is 0.860. The van der Waals surface area contributed by atoms with E-state index in [9.17, 15) is 5.11 Å². The number of benzene rings is 8. The van der Waals surface area contributed by atoms with Gasteiger partial charge in [-0.15, -0.1) is 0 Å². The SMILES string of the molecule is CC.CC.CC1CC2CC(C1)C(C13CC=CC=C1N(c1c(-c4ccccc4)cccc1-c1ccccc1)c1cc(C(C)(C)C)cc4c1B3c1c(cccc1C1(O)C(C)CC3CC(C)CC1C3)N4c1c(-c3ccccc3)cccc1-c1ccccc1)C2. The van der Waals surface area contributed by atoms with Gasteiger partial charge in [-0.05, 0) is 179 Å². The summed E-state index contributed by atoms with van der Waals surface area (Å²) in [7, 11) is 0. The van der Waals surface area contributed by atoms with Crippen LogP contribution in [-0.4, -0.2) is 11.8 Å². The van der Waals surface area contributed by atoms with Crippen LogP contribution >= 0.6 is 0 Å². The van der Waals surface area contributed by atoms with Crippen LogP contribution in [0, 0.1) is 47.3 Å². The Labute approximate surface area is 516 Å². The van der Waals surface area contributed by atoms with Crippen LogP contribution in [0.2, 0.25) is 5.31 Å². The first kappa shape index (κ1) is 57.9. The number of aliphatic hydroxyl groups is 1. The van der Waals surface area contributed by atoms with Crippen molar-refractivity contribution >= 4 is 46.1 Å². The number of nitrogens with zero attached hydrogens (tertiary/aromatic N) is 2. The zero-order chi connectivity index (χ0) is 59.6. The number of hydrogen-bond donors (Lipinski definition) is 1. The largest absolute Gasteiger partial charge is 0.385 e. The van der Waals surface area contributed by atoms with Crippen molar-refractivity contribution in [1.82, 2.24) is 0 Å². The highest BCUT2D eigenvalue weighted by Gasteiger charge is 2.65. The Kier molecular flexibility index (Phi) is 15.6. The second kappa shape index (κ2) is 23.2. The summed E-state index contributed by atoms with van der Waals surface area (Å²) in [6, 6.07) is 71.5. The second-order valence-corrected chi connectivity index (χ2v) is 27.7. The Morgan fingerprint density at radius 1 is 0.477 bits per heavy atom. The molecule has 0 amide bonds. The molecule has 10 atom stereocenters. The molecule has 8 aromatic carbocycles. The fraction of sp³-hybridized carbons (Fsp3) is 0.366. The van der Waals surface area contributed by atoms with Gasteiger partial charge in [-0.3, -0.25) is 0 Å². The average molecular weight is 1130 g/mol. The predicted octanol–water partition coefficient (Wildman–Crippen LogP) is 21.2. The van der Waals surface area contributed by atoms with E-state index in [1.165, 1.54) is 133 Å². The zero-order valence-corrected chi connectivity index (χ0v) is 53.0. The molecule has 4 fully saturated rings. The summed E-state index contributed by atoms with van der Waals surface area (Å²) in [5.41, 5.74) is 21.3. The summed E-state index contributed by atoms with van der Waals surface area (Å²) in [5, 5.41) is 14.4. The third kappa shape index (κ3) is 9.41. The van der Waals surface area contributed by atoms with Crippen molar-refractivity contribution in [1.29, 1.82) is 0 Å². The Morgan fingerprint density at radius 2 is 0.953 bits per heavy atom. The van der Waals surface area contributed by atoms with Gasteiger partial charge in [-0.25, -0.2) is 0 Å². The summed E-state index contributed by atoms with van der Waals surface area (Å²) in [6.45, 7) is 22.6. The van der Waals surface area contributed by atoms with Crippen LogP contribution in [-0.2, 0) is 11.0 Å². The summed E-state index contributed by atoms with van der Waals surface area (Å²) < 4.78 is 0. The van der Waals surface area contributed by atoms with E-state index < -0.39 is 5.60 Å². The van der Waals surface area contributed by atoms with Gasteiger partial charge in [0.2, 0.25) is 6.71 Å². The number of para-hydroxylation sites is 2. The minimum atomic E-state index is -1.03. The molecule has 0 radical (unpaired) electrons. The van der Waals surface area contributed by atoms with Crippen molar-refractivity contribution in [3.8, 4) is 44.5 Å². The molecule has 1 N–H and O–H groups in total. The molecule has 10 unspecified atom stereocenters. The maximum Gasteiger partial charge on any atom is 0.230 e. The van der Waals surface area contributed by atoms with Crippen LogP contribution in [0.3, 0.4) is 0 Å². The van der Waals surface area contributed by atoms with E-state index in [2.05, 4.69) is 258 Å². The minimum absolute atomic E-state index is 0.0656. The standard InChI is InChI=1S/C78H79BN2O.2C2H6/c1-50-40-54-45-59(42-50)67(47-54)77-39-20-19-38-71(77)81(75-64(57-28-15-9-16-29-57)34-22-35-65(75)58-30-17-10-18-31-58)70-49-60(76(4,5)6)48-69-73(70)79(77)72-66(78(82)52(3)44-53-41-51(2)43-61(78)46-53)36-23-37-68(72)80(69)74-62(55-24-11-7-12-25-55)32-21-33-63(74)56-26-13-8-14-27-56;2*1-2/h7-38,48-54,59,61,67,82H,39-47H2,1-6H3;2*1-2H3. The number of fused-ring (bicyclic) bond motifs is 8. The molecule has 8 aromatic rings. The van der Waals surface area contributed by atoms with Gasteiger partial charge >= 0.3 is 0 Å². The van der Waals surface area contributed by atoms with Crippen LogP contribution < -0.4 is 20.7 Å². The molecule has 4 saturated carbocycles. The number of rotatable bonds is 8. The van der Waals surface area contributed by atoms with E-state index in [1.54, 1.807) is 0 Å². The lowest BCUT2D eigenvalue weighted by Crippen LogP contribution is -2.67. The Bertz CT molecular complexity index is 3690. The summed E-state index contributed by atoms with van der Waals surface area (Å²) in [4.78, 5) is 5.62. The van der Waals surface area contributed by atoms with Gasteiger partial charge in [0.05, 0.1) is 17.0 Å². The molecular formula is C82H91BN2O. The summed E-state index contributed by atoms with van der Waals surface area (Å²) in [6.07, 6.45) is 18.1. The molecule has 0 aromatic heterocycles. The molecule has 2 aliphatic heterocycles. The topological polar surface area (TPSA) is 26.7 Å². The summed E-state index contributed by atoms with van der Waals surface area (Å²) in [5.74, 6) is 3.85. The van der Waals surface area contributed by atoms with Gasteiger partial charge in [0.15, 0.2) is 0 Å². The molecule has 5 aliphatic carbocycles. The lowest BCUT2D eigenvalue weighted by Gasteiger charge is -2.60. The van der Waals surface area contributed by atoms with Crippen molar-refractivity contribution in [2.24, 2.45) is 47.3 Å². The highest BCUT2D eigenvalue weighted by molar-refractivity contribution is 6.93. The molecule has 7 aliphatic rings. The van der Waals surface area contributed by atoms with Gasteiger partial charge in [0, 0.05) is 50.3 Å². The van der Waals surface area contributed by atoms with Crippen LogP contribution in [0.5, 0.6) is 0 Å². The van der Waals surface area contributed by atoms with Gasteiger partial charge in [-0.1, -0.05) is 251 Å². The van der Waals surface area contributed by atoms with Crippen LogP contribution in [0.1, 0.15) is 138 Å². The number of anilines is 5. The molecule has 3 nitrogen and oxygen atoms in total. The number of hydrogen-bond acceptors (Lipinski definition) is 3. The lowest BCUT2D eigenvalue weighted by molar-refractivity contribution is -0.132. The van der Waals surface area contributed by atoms with Crippen molar-refractivity contribution < 1.29 is 5.11 Å². The van der Waals surface area contributed by atoms with Crippen molar-refractivity contribution in [3.63, 3.8) is 0 Å². The maximum atomic E-state index is 14.7. The number of allylic oxidation sites excluding steroid dienone is 4. The molecule has 4 bridgehead atoms. The van der Waals surface area contributed by atoms with Gasteiger partial charge < -0.3 is 14.9 Å². The second-order valence-electron chi connectivity index (χ2n) is 27.7. The highest BCUT2D eigenvalue weighted by Crippen LogP contribution is 2.69. The predicted molar refractivity (Wildman–Crippen MR) is 368 cm³/mol. The Hall–Kier alpha value is -7.14. The van der Waals surface area contributed by atoms with E-state index >= 15 is 0 Å². The third-order valence-electron chi connectivity index (χ3n) is 21.8.